The second-order valence-corrected chi connectivity index (χ2v) is 9.27. The fraction of sp³-hybridized carbons (Fsp3) is 0.652. The summed E-state index contributed by atoms with van der Waals surface area (Å²) >= 11 is 0. The van der Waals surface area contributed by atoms with Crippen LogP contribution in [0.4, 0.5) is 0 Å². The number of amides is 2. The van der Waals surface area contributed by atoms with Crippen LogP contribution in [-0.2, 0) is 20.9 Å². The van der Waals surface area contributed by atoms with E-state index < -0.39 is 17.4 Å². The number of piperidine rings is 1. The molecule has 5 heterocycles. The Morgan fingerprint density at radius 1 is 1.23 bits per heavy atom. The Balaban J connectivity index is 1.27. The number of aryl methyl sites for hydroxylation is 1. The second-order valence-electron chi connectivity index (χ2n) is 9.27. The summed E-state index contributed by atoms with van der Waals surface area (Å²) in [6.07, 6.45) is 7.49. The molecule has 7 heteroatoms. The van der Waals surface area contributed by atoms with E-state index in [9.17, 15) is 9.59 Å². The Bertz CT molecular complexity index is 858. The molecule has 3 fully saturated rings. The van der Waals surface area contributed by atoms with Gasteiger partial charge in [-0.05, 0) is 45.0 Å². The second kappa shape index (κ2) is 7.54. The van der Waals surface area contributed by atoms with E-state index in [4.69, 9.17) is 9.15 Å². The highest BCUT2D eigenvalue weighted by Gasteiger charge is 2.67. The van der Waals surface area contributed by atoms with Gasteiger partial charge in [-0.25, -0.2) is 0 Å². The van der Waals surface area contributed by atoms with Gasteiger partial charge < -0.3 is 23.9 Å². The molecule has 4 aliphatic rings. The van der Waals surface area contributed by atoms with Crippen molar-refractivity contribution in [2.45, 2.75) is 44.4 Å². The number of hydrogen-bond donors (Lipinski definition) is 0. The first-order valence-electron chi connectivity index (χ1n) is 11.2. The summed E-state index contributed by atoms with van der Waals surface area (Å²) in [5.74, 6) is 0.728. The van der Waals surface area contributed by atoms with Gasteiger partial charge in [0.1, 0.15) is 17.1 Å². The number of furan rings is 1. The van der Waals surface area contributed by atoms with Crippen molar-refractivity contribution < 1.29 is 18.7 Å². The van der Waals surface area contributed by atoms with Gasteiger partial charge in [0, 0.05) is 20.1 Å². The maximum atomic E-state index is 13.3. The van der Waals surface area contributed by atoms with Crippen LogP contribution in [0.3, 0.4) is 0 Å². The van der Waals surface area contributed by atoms with Crippen LogP contribution in [0.15, 0.2) is 28.7 Å². The molecule has 1 aromatic rings. The van der Waals surface area contributed by atoms with Gasteiger partial charge in [0.2, 0.25) is 11.8 Å². The van der Waals surface area contributed by atoms with Gasteiger partial charge in [-0.3, -0.25) is 9.59 Å². The minimum atomic E-state index is -0.633. The van der Waals surface area contributed by atoms with Gasteiger partial charge in [0.05, 0.1) is 31.0 Å². The summed E-state index contributed by atoms with van der Waals surface area (Å²) in [6.45, 7) is 6.69. The van der Waals surface area contributed by atoms with E-state index >= 15 is 0 Å². The van der Waals surface area contributed by atoms with Crippen LogP contribution in [0.2, 0.25) is 0 Å². The molecule has 1 spiro atoms. The number of rotatable bonds is 6. The van der Waals surface area contributed by atoms with Gasteiger partial charge in [0.25, 0.3) is 0 Å². The molecule has 0 aromatic carbocycles. The monoisotopic (exact) mass is 413 g/mol. The maximum absolute atomic E-state index is 13.3. The fourth-order valence-electron chi connectivity index (χ4n) is 5.63. The first-order valence-corrected chi connectivity index (χ1v) is 11.2. The molecule has 30 heavy (non-hydrogen) atoms. The van der Waals surface area contributed by atoms with Gasteiger partial charge >= 0.3 is 0 Å². The van der Waals surface area contributed by atoms with Crippen LogP contribution in [0, 0.1) is 18.8 Å². The zero-order chi connectivity index (χ0) is 20.9. The molecule has 0 radical (unpaired) electrons. The normalized spacial score (nSPS) is 32.8. The topological polar surface area (TPSA) is 66.2 Å². The molecule has 3 saturated heterocycles. The molecule has 1 aromatic heterocycles. The summed E-state index contributed by atoms with van der Waals surface area (Å²) < 4.78 is 11.9. The molecular weight excluding hydrogens is 382 g/mol. The van der Waals surface area contributed by atoms with Gasteiger partial charge in [0.15, 0.2) is 0 Å². The quantitative estimate of drug-likeness (QED) is 0.666. The molecule has 4 aliphatic heterocycles. The highest BCUT2D eigenvalue weighted by molar-refractivity contribution is 5.93. The highest BCUT2D eigenvalue weighted by Crippen LogP contribution is 2.52. The lowest BCUT2D eigenvalue weighted by Crippen LogP contribution is -2.45. The zero-order valence-corrected chi connectivity index (χ0v) is 17.9. The number of likely N-dealkylation sites (tertiary alicyclic amines) is 2. The number of fused-ring (bicyclic) bond motifs is 1. The first kappa shape index (κ1) is 19.8. The number of nitrogens with zero attached hydrogens (tertiary/aromatic N) is 3. The van der Waals surface area contributed by atoms with E-state index in [2.05, 4.69) is 4.90 Å². The highest BCUT2D eigenvalue weighted by atomic mass is 16.5. The molecule has 162 valence electrons. The Labute approximate surface area is 177 Å². The average Bonchev–Trinajstić information content (AvgIpc) is 3.48. The summed E-state index contributed by atoms with van der Waals surface area (Å²) in [4.78, 5) is 32.7. The van der Waals surface area contributed by atoms with E-state index in [0.29, 0.717) is 19.6 Å². The van der Waals surface area contributed by atoms with E-state index in [1.807, 2.05) is 36.1 Å². The largest absolute Gasteiger partial charge is 0.464 e. The Kier molecular flexibility index (Phi) is 4.98. The molecule has 5 rings (SSSR count). The van der Waals surface area contributed by atoms with E-state index in [0.717, 1.165) is 31.2 Å². The fourth-order valence-corrected chi connectivity index (χ4v) is 5.63. The van der Waals surface area contributed by atoms with Gasteiger partial charge in [-0.1, -0.05) is 18.6 Å². The zero-order valence-electron chi connectivity index (χ0n) is 17.9. The lowest BCUT2D eigenvalue weighted by atomic mass is 9.76. The van der Waals surface area contributed by atoms with Crippen LogP contribution in [0.1, 0.15) is 30.8 Å². The van der Waals surface area contributed by atoms with Crippen molar-refractivity contribution in [1.82, 2.24) is 14.7 Å². The maximum Gasteiger partial charge on any atom is 0.230 e. The van der Waals surface area contributed by atoms with Crippen molar-refractivity contribution in [3.8, 4) is 0 Å². The predicted octanol–water partition coefficient (Wildman–Crippen LogP) is 1.81. The lowest BCUT2D eigenvalue weighted by Gasteiger charge is -2.29. The van der Waals surface area contributed by atoms with Crippen molar-refractivity contribution in [3.05, 3.63) is 35.8 Å². The molecule has 2 bridgehead atoms. The minimum absolute atomic E-state index is 0.0449. The minimum Gasteiger partial charge on any atom is -0.464 e. The molecule has 0 saturated carbocycles. The van der Waals surface area contributed by atoms with Crippen LogP contribution < -0.4 is 0 Å². The van der Waals surface area contributed by atoms with Crippen molar-refractivity contribution in [3.63, 3.8) is 0 Å². The molecule has 2 amide bonds. The Morgan fingerprint density at radius 3 is 2.77 bits per heavy atom. The summed E-state index contributed by atoms with van der Waals surface area (Å²) in [5, 5.41) is 0. The van der Waals surface area contributed by atoms with E-state index in [-0.39, 0.29) is 17.9 Å². The third kappa shape index (κ3) is 3.28. The SMILES string of the molecule is Cc1ccc(CN(C)C(=O)[C@H]2[C@@H]3C=C[C@@]4(CN(CCN5CCCCC5)C(=O)[C@@H]24)O3)o1. The number of ether oxygens (including phenoxy) is 1. The molecular formula is C23H31N3O4. The lowest BCUT2D eigenvalue weighted by molar-refractivity contribution is -0.142. The molecule has 0 unspecified atom stereocenters. The van der Waals surface area contributed by atoms with Crippen molar-refractivity contribution >= 4 is 11.8 Å². The van der Waals surface area contributed by atoms with Crippen molar-refractivity contribution in [2.75, 3.05) is 39.8 Å². The summed E-state index contributed by atoms with van der Waals surface area (Å²) in [6, 6.07) is 3.79. The third-order valence-electron chi connectivity index (χ3n) is 7.16. The van der Waals surface area contributed by atoms with Gasteiger partial charge in [-0.2, -0.15) is 0 Å². The van der Waals surface area contributed by atoms with Crippen LogP contribution in [0.25, 0.3) is 0 Å². The van der Waals surface area contributed by atoms with Crippen LogP contribution in [-0.4, -0.2) is 78.0 Å². The first-order chi connectivity index (χ1) is 14.5. The molecule has 7 nitrogen and oxygen atoms in total. The van der Waals surface area contributed by atoms with E-state index in [1.165, 1.54) is 19.3 Å². The number of hydrogen-bond acceptors (Lipinski definition) is 5. The van der Waals surface area contributed by atoms with E-state index in [1.54, 1.807) is 11.9 Å². The van der Waals surface area contributed by atoms with Crippen LogP contribution >= 0.6 is 0 Å². The van der Waals surface area contributed by atoms with Crippen molar-refractivity contribution in [1.29, 1.82) is 0 Å². The number of carbonyl (C=O) groups is 2. The van der Waals surface area contributed by atoms with Crippen molar-refractivity contribution in [2.24, 2.45) is 11.8 Å². The molecule has 0 aliphatic carbocycles. The molecule has 4 atom stereocenters. The molecule has 0 N–H and O–H groups in total. The van der Waals surface area contributed by atoms with Gasteiger partial charge in [-0.15, -0.1) is 0 Å². The Hall–Kier alpha value is -2.12. The number of carbonyl (C=O) groups excluding carboxylic acids is 2. The average molecular weight is 414 g/mol. The van der Waals surface area contributed by atoms with Crippen LogP contribution in [0.5, 0.6) is 0 Å². The summed E-state index contributed by atoms with van der Waals surface area (Å²) in [7, 11) is 1.77. The Morgan fingerprint density at radius 2 is 2.03 bits per heavy atom. The summed E-state index contributed by atoms with van der Waals surface area (Å²) in [5.41, 5.74) is -0.633. The standard InChI is InChI=1S/C23H31N3O4/c1-16-6-7-17(29-16)14-24(2)21(27)19-18-8-9-23(30-18)15-26(22(28)20(19)23)13-12-25-10-4-3-5-11-25/h6-9,18-20H,3-5,10-15H2,1-2H3/t18-,19-,20+,23-/m0/s1. The third-order valence-corrected chi connectivity index (χ3v) is 7.16. The smallest absolute Gasteiger partial charge is 0.230 e. The predicted molar refractivity (Wildman–Crippen MR) is 111 cm³/mol.